The number of carbonyl (C=O) groups is 1. The van der Waals surface area contributed by atoms with Gasteiger partial charge in [0.05, 0.1) is 0 Å². The number of aromatic nitrogens is 2. The molecule has 11 heteroatoms. The van der Waals surface area contributed by atoms with Crippen molar-refractivity contribution in [2.24, 2.45) is 0 Å². The van der Waals surface area contributed by atoms with Crippen LogP contribution in [-0.2, 0) is 0 Å². The van der Waals surface area contributed by atoms with Gasteiger partial charge < -0.3 is 20.3 Å². The Morgan fingerprint density at radius 1 is 1.18 bits per heavy atom. The molecule has 0 fully saturated rings. The normalized spacial score (nSPS) is 11.2. The van der Waals surface area contributed by atoms with Crippen molar-refractivity contribution in [3.63, 3.8) is 0 Å². The Morgan fingerprint density at radius 3 is 2.61 bits per heavy atom. The maximum Gasteiger partial charge on any atom is 0.573 e. The van der Waals surface area contributed by atoms with Gasteiger partial charge in [-0.25, -0.2) is 9.78 Å². The number of likely N-dealkylation sites (N-methyl/N-ethyl adjacent to an activating group) is 1. The van der Waals surface area contributed by atoms with E-state index in [0.29, 0.717) is 18.1 Å². The number of urea groups is 1. The Morgan fingerprint density at radius 2 is 1.93 bits per heavy atom. The summed E-state index contributed by atoms with van der Waals surface area (Å²) in [5.74, 6) is 0.169. The number of aryl methyl sites for hydroxylation is 1. The van der Waals surface area contributed by atoms with Crippen LogP contribution in [0.3, 0.4) is 0 Å². The third-order valence-electron chi connectivity index (χ3n) is 3.27. The maximum absolute atomic E-state index is 12.3. The van der Waals surface area contributed by atoms with Gasteiger partial charge in [-0.1, -0.05) is 6.07 Å². The second-order valence-corrected chi connectivity index (χ2v) is 6.10. The molecule has 3 N–H and O–H groups in total. The lowest BCUT2D eigenvalue weighted by atomic mass is 10.3. The molecule has 0 saturated carbocycles. The first-order valence-corrected chi connectivity index (χ1v) is 8.29. The molecule has 1 heterocycles. The summed E-state index contributed by atoms with van der Waals surface area (Å²) in [4.78, 5) is 22.4. The standard InChI is InChI=1S/C17H21F3N6O2/c1-11-9-14(21-7-8-26(2)3)24-15(22-11)25-16(27)23-12-5-4-6-13(10-12)28-17(18,19)20/h4-6,9-10H,7-8H2,1-3H3,(H3,21,22,23,24,25,27). The summed E-state index contributed by atoms with van der Waals surface area (Å²) < 4.78 is 40.7. The van der Waals surface area contributed by atoms with Gasteiger partial charge in [-0.05, 0) is 33.2 Å². The van der Waals surface area contributed by atoms with Crippen molar-refractivity contribution < 1.29 is 22.7 Å². The predicted octanol–water partition coefficient (Wildman–Crippen LogP) is 3.30. The zero-order valence-electron chi connectivity index (χ0n) is 15.6. The van der Waals surface area contributed by atoms with Crippen molar-refractivity contribution in [2.75, 3.05) is 43.1 Å². The van der Waals surface area contributed by atoms with E-state index >= 15 is 0 Å². The molecule has 0 spiro atoms. The molecule has 0 aliphatic rings. The van der Waals surface area contributed by atoms with E-state index in [-0.39, 0.29) is 11.6 Å². The highest BCUT2D eigenvalue weighted by atomic mass is 19.4. The summed E-state index contributed by atoms with van der Waals surface area (Å²) in [7, 11) is 3.89. The number of benzene rings is 1. The number of hydrogen-bond acceptors (Lipinski definition) is 6. The Balaban J connectivity index is 1.99. The molecule has 0 saturated heterocycles. The van der Waals surface area contributed by atoms with Gasteiger partial charge in [-0.3, -0.25) is 5.32 Å². The monoisotopic (exact) mass is 398 g/mol. The molecule has 2 aromatic rings. The number of hydrogen-bond donors (Lipinski definition) is 3. The van der Waals surface area contributed by atoms with Crippen molar-refractivity contribution in [1.29, 1.82) is 0 Å². The molecule has 8 nitrogen and oxygen atoms in total. The van der Waals surface area contributed by atoms with Crippen LogP contribution in [0.2, 0.25) is 0 Å². The van der Waals surface area contributed by atoms with Crippen LogP contribution in [-0.4, -0.2) is 54.4 Å². The van der Waals surface area contributed by atoms with Crippen LogP contribution in [0.1, 0.15) is 5.69 Å². The minimum absolute atomic E-state index is 0.0625. The van der Waals surface area contributed by atoms with Crippen LogP contribution in [0.4, 0.5) is 35.4 Å². The molecule has 2 rings (SSSR count). The number of amides is 2. The first-order chi connectivity index (χ1) is 13.1. The molecule has 0 unspecified atom stereocenters. The summed E-state index contributed by atoms with van der Waals surface area (Å²) in [5.41, 5.74) is 0.759. The highest BCUT2D eigenvalue weighted by molar-refractivity contribution is 5.98. The fourth-order valence-corrected chi connectivity index (χ4v) is 2.16. The van der Waals surface area contributed by atoms with Crippen LogP contribution >= 0.6 is 0 Å². The molecule has 28 heavy (non-hydrogen) atoms. The van der Waals surface area contributed by atoms with E-state index in [1.54, 1.807) is 13.0 Å². The number of halogens is 3. The van der Waals surface area contributed by atoms with E-state index < -0.39 is 18.1 Å². The lowest BCUT2D eigenvalue weighted by molar-refractivity contribution is -0.274. The summed E-state index contributed by atoms with van der Waals surface area (Å²) in [6.45, 7) is 3.20. The number of rotatable bonds is 7. The fraction of sp³-hybridized carbons (Fsp3) is 0.353. The molecule has 1 aromatic heterocycles. The van der Waals surface area contributed by atoms with E-state index in [1.807, 2.05) is 19.0 Å². The molecule has 0 bridgehead atoms. The SMILES string of the molecule is Cc1cc(NCCN(C)C)nc(NC(=O)Nc2cccc(OC(F)(F)F)c2)n1. The second kappa shape index (κ2) is 9.22. The van der Waals surface area contributed by atoms with Crippen molar-refractivity contribution in [3.8, 4) is 5.75 Å². The number of ether oxygens (including phenoxy) is 1. The lowest BCUT2D eigenvalue weighted by Gasteiger charge is -2.13. The Bertz CT molecular complexity index is 814. The summed E-state index contributed by atoms with van der Waals surface area (Å²) >= 11 is 0. The molecule has 1 aromatic carbocycles. The fourth-order valence-electron chi connectivity index (χ4n) is 2.16. The Labute approximate surface area is 160 Å². The van der Waals surface area contributed by atoms with Crippen molar-refractivity contribution in [3.05, 3.63) is 36.0 Å². The van der Waals surface area contributed by atoms with Crippen LogP contribution in [0.25, 0.3) is 0 Å². The van der Waals surface area contributed by atoms with Gasteiger partial charge in [0.2, 0.25) is 5.95 Å². The zero-order valence-corrected chi connectivity index (χ0v) is 15.6. The van der Waals surface area contributed by atoms with Gasteiger partial charge in [0.15, 0.2) is 0 Å². The Hall–Kier alpha value is -3.08. The summed E-state index contributed by atoms with van der Waals surface area (Å²) in [6, 6.07) is 5.97. The van der Waals surface area contributed by atoms with Gasteiger partial charge in [-0.15, -0.1) is 13.2 Å². The van der Waals surface area contributed by atoms with E-state index in [4.69, 9.17) is 0 Å². The van der Waals surface area contributed by atoms with E-state index in [2.05, 4.69) is 30.7 Å². The van der Waals surface area contributed by atoms with E-state index in [9.17, 15) is 18.0 Å². The third-order valence-corrected chi connectivity index (χ3v) is 3.27. The minimum Gasteiger partial charge on any atom is -0.406 e. The number of nitrogens with one attached hydrogen (secondary N) is 3. The number of alkyl halides is 3. The third kappa shape index (κ3) is 7.66. The van der Waals surface area contributed by atoms with Gasteiger partial charge in [0.25, 0.3) is 0 Å². The molecule has 0 aliphatic carbocycles. The topological polar surface area (TPSA) is 91.4 Å². The minimum atomic E-state index is -4.81. The zero-order chi connectivity index (χ0) is 20.7. The quantitative estimate of drug-likeness (QED) is 0.663. The first-order valence-electron chi connectivity index (χ1n) is 8.29. The summed E-state index contributed by atoms with van der Waals surface area (Å²) in [6.07, 6.45) is -4.81. The number of nitrogens with zero attached hydrogens (tertiary/aromatic N) is 3. The molecule has 152 valence electrons. The summed E-state index contributed by atoms with van der Waals surface area (Å²) in [5, 5.41) is 7.98. The van der Waals surface area contributed by atoms with Crippen LogP contribution in [0.5, 0.6) is 5.75 Å². The van der Waals surface area contributed by atoms with Gasteiger partial charge >= 0.3 is 12.4 Å². The van der Waals surface area contributed by atoms with Crippen LogP contribution < -0.4 is 20.7 Å². The first kappa shape index (κ1) is 21.2. The lowest BCUT2D eigenvalue weighted by Crippen LogP contribution is -2.23. The maximum atomic E-state index is 12.3. The average Bonchev–Trinajstić information content (AvgIpc) is 2.52. The van der Waals surface area contributed by atoms with Gasteiger partial charge in [0, 0.05) is 36.6 Å². The number of anilines is 3. The van der Waals surface area contributed by atoms with Crippen molar-refractivity contribution >= 4 is 23.5 Å². The average molecular weight is 398 g/mol. The van der Waals surface area contributed by atoms with Crippen LogP contribution in [0.15, 0.2) is 30.3 Å². The van der Waals surface area contributed by atoms with Crippen LogP contribution in [0, 0.1) is 6.92 Å². The van der Waals surface area contributed by atoms with Crippen molar-refractivity contribution in [2.45, 2.75) is 13.3 Å². The second-order valence-electron chi connectivity index (χ2n) is 6.10. The van der Waals surface area contributed by atoms with E-state index in [1.165, 1.54) is 12.1 Å². The molecule has 0 radical (unpaired) electrons. The molecule has 2 amide bonds. The highest BCUT2D eigenvalue weighted by Crippen LogP contribution is 2.25. The van der Waals surface area contributed by atoms with Gasteiger partial charge in [-0.2, -0.15) is 4.98 Å². The molecular formula is C17H21F3N6O2. The Kier molecular flexibility index (Phi) is 6.99. The number of carbonyl (C=O) groups excluding carboxylic acids is 1. The largest absolute Gasteiger partial charge is 0.573 e. The van der Waals surface area contributed by atoms with Crippen molar-refractivity contribution in [1.82, 2.24) is 14.9 Å². The van der Waals surface area contributed by atoms with E-state index in [0.717, 1.165) is 18.7 Å². The smallest absolute Gasteiger partial charge is 0.406 e. The predicted molar refractivity (Wildman–Crippen MR) is 99.6 cm³/mol. The molecule has 0 atom stereocenters. The molecular weight excluding hydrogens is 377 g/mol. The highest BCUT2D eigenvalue weighted by Gasteiger charge is 2.31. The van der Waals surface area contributed by atoms with Gasteiger partial charge in [0.1, 0.15) is 11.6 Å². The molecule has 0 aliphatic heterocycles.